The molecule has 0 unspecified atom stereocenters. The summed E-state index contributed by atoms with van der Waals surface area (Å²) in [7, 11) is 0. The monoisotopic (exact) mass is 305 g/mol. The van der Waals surface area contributed by atoms with E-state index in [0.29, 0.717) is 12.5 Å². The number of nitrogens with one attached hydrogen (secondary N) is 3. The van der Waals surface area contributed by atoms with Crippen molar-refractivity contribution in [2.45, 2.75) is 40.7 Å². The van der Waals surface area contributed by atoms with E-state index in [1.165, 1.54) is 11.1 Å². The SMILES string of the molecule is Cc1ccc(C)c([C@H](C)NCC(=O)NC(=O)NCC(C)C)c1. The minimum Gasteiger partial charge on any atom is -0.338 e. The molecule has 1 aromatic carbocycles. The molecule has 0 saturated carbocycles. The summed E-state index contributed by atoms with van der Waals surface area (Å²) in [6, 6.07) is 5.85. The van der Waals surface area contributed by atoms with Crippen LogP contribution in [0.2, 0.25) is 0 Å². The van der Waals surface area contributed by atoms with Crippen molar-refractivity contribution in [1.29, 1.82) is 0 Å². The zero-order valence-corrected chi connectivity index (χ0v) is 14.1. The number of hydrogen-bond acceptors (Lipinski definition) is 3. The number of aryl methyl sites for hydroxylation is 2. The fraction of sp³-hybridized carbons (Fsp3) is 0.529. The molecule has 0 aromatic heterocycles. The zero-order chi connectivity index (χ0) is 16.7. The molecule has 0 bridgehead atoms. The van der Waals surface area contributed by atoms with Gasteiger partial charge in [-0.25, -0.2) is 4.79 Å². The molecular weight excluding hydrogens is 278 g/mol. The van der Waals surface area contributed by atoms with Crippen LogP contribution in [0.3, 0.4) is 0 Å². The molecule has 0 saturated heterocycles. The summed E-state index contributed by atoms with van der Waals surface area (Å²) in [5.74, 6) is 0.0155. The van der Waals surface area contributed by atoms with Crippen LogP contribution in [0, 0.1) is 19.8 Å². The number of imide groups is 1. The summed E-state index contributed by atoms with van der Waals surface area (Å²) >= 11 is 0. The molecule has 0 aliphatic carbocycles. The van der Waals surface area contributed by atoms with E-state index in [9.17, 15) is 9.59 Å². The largest absolute Gasteiger partial charge is 0.338 e. The Morgan fingerprint density at radius 1 is 1.14 bits per heavy atom. The molecule has 0 spiro atoms. The van der Waals surface area contributed by atoms with Crippen LogP contribution in [-0.4, -0.2) is 25.0 Å². The topological polar surface area (TPSA) is 70.2 Å². The van der Waals surface area contributed by atoms with E-state index in [4.69, 9.17) is 0 Å². The average molecular weight is 305 g/mol. The van der Waals surface area contributed by atoms with Crippen molar-refractivity contribution in [1.82, 2.24) is 16.0 Å². The molecule has 5 nitrogen and oxygen atoms in total. The van der Waals surface area contributed by atoms with Gasteiger partial charge in [0.05, 0.1) is 6.54 Å². The van der Waals surface area contributed by atoms with Crippen molar-refractivity contribution in [3.63, 3.8) is 0 Å². The Morgan fingerprint density at radius 2 is 1.82 bits per heavy atom. The zero-order valence-electron chi connectivity index (χ0n) is 14.1. The molecule has 0 fully saturated rings. The van der Waals surface area contributed by atoms with Crippen molar-refractivity contribution < 1.29 is 9.59 Å². The van der Waals surface area contributed by atoms with Gasteiger partial charge in [0.2, 0.25) is 5.91 Å². The highest BCUT2D eigenvalue weighted by Gasteiger charge is 2.12. The van der Waals surface area contributed by atoms with Crippen LogP contribution >= 0.6 is 0 Å². The fourth-order valence-electron chi connectivity index (χ4n) is 2.09. The van der Waals surface area contributed by atoms with Crippen LogP contribution in [0.5, 0.6) is 0 Å². The summed E-state index contributed by atoms with van der Waals surface area (Å²) in [5, 5.41) is 8.11. The maximum atomic E-state index is 11.8. The van der Waals surface area contributed by atoms with Crippen molar-refractivity contribution in [3.8, 4) is 0 Å². The Bertz CT molecular complexity index is 527. The van der Waals surface area contributed by atoms with Gasteiger partial charge in [-0.3, -0.25) is 10.1 Å². The van der Waals surface area contributed by atoms with E-state index >= 15 is 0 Å². The molecule has 1 atom stereocenters. The van der Waals surface area contributed by atoms with Crippen LogP contribution in [0.4, 0.5) is 4.79 Å². The fourth-order valence-corrected chi connectivity index (χ4v) is 2.09. The molecule has 122 valence electrons. The van der Waals surface area contributed by atoms with Gasteiger partial charge in [0.15, 0.2) is 0 Å². The van der Waals surface area contributed by atoms with E-state index < -0.39 is 6.03 Å². The van der Waals surface area contributed by atoms with Crippen molar-refractivity contribution in [2.24, 2.45) is 5.92 Å². The molecule has 0 aliphatic rings. The Kier molecular flexibility index (Phi) is 7.05. The molecule has 1 rings (SSSR count). The van der Waals surface area contributed by atoms with Crippen molar-refractivity contribution >= 4 is 11.9 Å². The van der Waals surface area contributed by atoms with Crippen LogP contribution in [0.15, 0.2) is 18.2 Å². The van der Waals surface area contributed by atoms with Gasteiger partial charge in [0, 0.05) is 12.6 Å². The number of urea groups is 1. The minimum absolute atomic E-state index is 0.0457. The number of carbonyl (C=O) groups is 2. The number of carbonyl (C=O) groups excluding carboxylic acids is 2. The van der Waals surface area contributed by atoms with Gasteiger partial charge in [0.1, 0.15) is 0 Å². The minimum atomic E-state index is -0.445. The molecule has 0 aliphatic heterocycles. The van der Waals surface area contributed by atoms with Gasteiger partial charge < -0.3 is 10.6 Å². The highest BCUT2D eigenvalue weighted by atomic mass is 16.2. The van der Waals surface area contributed by atoms with Gasteiger partial charge in [-0.2, -0.15) is 0 Å². The summed E-state index contributed by atoms with van der Waals surface area (Å²) in [4.78, 5) is 23.3. The van der Waals surface area contributed by atoms with Gasteiger partial charge in [0.25, 0.3) is 0 Å². The maximum absolute atomic E-state index is 11.8. The van der Waals surface area contributed by atoms with Crippen LogP contribution in [-0.2, 0) is 4.79 Å². The number of hydrogen-bond donors (Lipinski definition) is 3. The molecule has 0 radical (unpaired) electrons. The molecule has 5 heteroatoms. The lowest BCUT2D eigenvalue weighted by Crippen LogP contribution is -2.44. The smallest absolute Gasteiger partial charge is 0.321 e. The van der Waals surface area contributed by atoms with Crippen molar-refractivity contribution in [2.75, 3.05) is 13.1 Å². The Morgan fingerprint density at radius 3 is 2.45 bits per heavy atom. The Hall–Kier alpha value is -1.88. The van der Waals surface area contributed by atoms with E-state index in [1.807, 2.05) is 34.6 Å². The van der Waals surface area contributed by atoms with Crippen LogP contribution in [0.1, 0.15) is 43.5 Å². The van der Waals surface area contributed by atoms with E-state index in [2.05, 4.69) is 34.1 Å². The maximum Gasteiger partial charge on any atom is 0.321 e. The second-order valence-electron chi connectivity index (χ2n) is 6.11. The lowest BCUT2D eigenvalue weighted by atomic mass is 10.00. The van der Waals surface area contributed by atoms with Crippen molar-refractivity contribution in [3.05, 3.63) is 34.9 Å². The lowest BCUT2D eigenvalue weighted by Gasteiger charge is -2.17. The van der Waals surface area contributed by atoms with Crippen LogP contribution in [0.25, 0.3) is 0 Å². The first-order valence-electron chi connectivity index (χ1n) is 7.67. The Balaban J connectivity index is 2.43. The molecule has 22 heavy (non-hydrogen) atoms. The lowest BCUT2D eigenvalue weighted by molar-refractivity contribution is -0.119. The van der Waals surface area contributed by atoms with E-state index in [1.54, 1.807) is 0 Å². The summed E-state index contributed by atoms with van der Waals surface area (Å²) in [6.07, 6.45) is 0. The summed E-state index contributed by atoms with van der Waals surface area (Å²) < 4.78 is 0. The predicted octanol–water partition coefficient (Wildman–Crippen LogP) is 2.44. The molecule has 1 aromatic rings. The molecule has 3 N–H and O–H groups in total. The van der Waals surface area contributed by atoms with Crippen LogP contribution < -0.4 is 16.0 Å². The first kappa shape index (κ1) is 18.2. The number of benzene rings is 1. The number of amides is 3. The second kappa shape index (κ2) is 8.54. The Labute approximate surface area is 132 Å². The molecule has 3 amide bonds. The standard InChI is InChI=1S/C17H27N3O2/c1-11(2)9-19-17(22)20-16(21)10-18-14(5)15-8-12(3)6-7-13(15)4/h6-8,11,14,18H,9-10H2,1-5H3,(H2,19,20,21,22)/t14-/m0/s1. The summed E-state index contributed by atoms with van der Waals surface area (Å²) in [6.45, 7) is 10.7. The normalized spacial score (nSPS) is 12.1. The number of rotatable bonds is 6. The predicted molar refractivity (Wildman–Crippen MR) is 88.7 cm³/mol. The molecule has 0 heterocycles. The average Bonchev–Trinajstić information content (AvgIpc) is 2.45. The first-order chi connectivity index (χ1) is 10.3. The van der Waals surface area contributed by atoms with Gasteiger partial charge in [-0.1, -0.05) is 37.6 Å². The summed E-state index contributed by atoms with van der Waals surface area (Å²) in [5.41, 5.74) is 3.53. The highest BCUT2D eigenvalue weighted by molar-refractivity contribution is 5.95. The highest BCUT2D eigenvalue weighted by Crippen LogP contribution is 2.18. The quantitative estimate of drug-likeness (QED) is 0.756. The third kappa shape index (κ3) is 6.26. The molecular formula is C17H27N3O2. The van der Waals surface area contributed by atoms with E-state index in [-0.39, 0.29) is 18.5 Å². The third-order valence-electron chi connectivity index (χ3n) is 3.39. The van der Waals surface area contributed by atoms with Gasteiger partial charge >= 0.3 is 6.03 Å². The third-order valence-corrected chi connectivity index (χ3v) is 3.39. The second-order valence-corrected chi connectivity index (χ2v) is 6.11. The van der Waals surface area contributed by atoms with E-state index in [0.717, 1.165) is 5.56 Å². The van der Waals surface area contributed by atoms with Gasteiger partial charge in [-0.05, 0) is 37.8 Å². The van der Waals surface area contributed by atoms with Gasteiger partial charge in [-0.15, -0.1) is 0 Å². The first-order valence-corrected chi connectivity index (χ1v) is 7.67.